The summed E-state index contributed by atoms with van der Waals surface area (Å²) < 4.78 is 11.8. The molecule has 0 saturated carbocycles. The molecule has 1 atom stereocenters. The van der Waals surface area contributed by atoms with Gasteiger partial charge in [0.25, 0.3) is 0 Å². The number of hydrogen-bond acceptors (Lipinski definition) is 4. The van der Waals surface area contributed by atoms with Gasteiger partial charge in [0.15, 0.2) is 11.5 Å². The third kappa shape index (κ3) is 5.68. The molecule has 0 amide bonds. The highest BCUT2D eigenvalue weighted by Crippen LogP contribution is 2.30. The predicted molar refractivity (Wildman–Crippen MR) is 115 cm³/mol. The molecule has 2 aromatic carbocycles. The number of benzene rings is 2. The fourth-order valence-electron chi connectivity index (χ4n) is 3.65. The Balaban J connectivity index is 0.00000131. The van der Waals surface area contributed by atoms with E-state index in [2.05, 4.69) is 40.5 Å². The first kappa shape index (κ1) is 21.7. The second kappa shape index (κ2) is 10.6. The largest absolute Gasteiger partial charge is 0.486 e. The van der Waals surface area contributed by atoms with Gasteiger partial charge in [0.2, 0.25) is 0 Å². The zero-order valence-electron chi connectivity index (χ0n) is 15.4. The summed E-state index contributed by atoms with van der Waals surface area (Å²) in [6, 6.07) is 18.6. The number of nitrogens with one attached hydrogen (secondary N) is 1. The van der Waals surface area contributed by atoms with Gasteiger partial charge < -0.3 is 19.7 Å². The van der Waals surface area contributed by atoms with E-state index >= 15 is 0 Å². The van der Waals surface area contributed by atoms with Crippen LogP contribution in [0.15, 0.2) is 54.6 Å². The Morgan fingerprint density at radius 1 is 0.852 bits per heavy atom. The van der Waals surface area contributed by atoms with Gasteiger partial charge in [-0.1, -0.05) is 30.3 Å². The second-order valence-electron chi connectivity index (χ2n) is 6.92. The first-order chi connectivity index (χ1) is 12.4. The number of piperidine rings is 1. The van der Waals surface area contributed by atoms with Gasteiger partial charge in [-0.05, 0) is 49.6 Å². The Morgan fingerprint density at radius 3 is 2.26 bits per heavy atom. The van der Waals surface area contributed by atoms with Crippen molar-refractivity contribution in [3.63, 3.8) is 0 Å². The van der Waals surface area contributed by atoms with E-state index in [0.717, 1.165) is 43.6 Å². The van der Waals surface area contributed by atoms with Crippen LogP contribution < -0.4 is 19.7 Å². The van der Waals surface area contributed by atoms with E-state index in [-0.39, 0.29) is 30.9 Å². The Morgan fingerprint density at radius 2 is 1.52 bits per heavy atom. The molecule has 0 bridgehead atoms. The predicted octanol–water partition coefficient (Wildman–Crippen LogP) is 4.18. The summed E-state index contributed by atoms with van der Waals surface area (Å²) >= 11 is 0. The van der Waals surface area contributed by atoms with Crippen LogP contribution in [0.25, 0.3) is 0 Å². The van der Waals surface area contributed by atoms with Gasteiger partial charge in [0.1, 0.15) is 12.7 Å². The number of rotatable bonds is 5. The minimum Gasteiger partial charge on any atom is -0.486 e. The van der Waals surface area contributed by atoms with Gasteiger partial charge in [-0.15, -0.1) is 24.8 Å². The van der Waals surface area contributed by atoms with Crippen molar-refractivity contribution in [1.29, 1.82) is 0 Å². The summed E-state index contributed by atoms with van der Waals surface area (Å²) in [5.41, 5.74) is 1.35. The Labute approximate surface area is 174 Å². The second-order valence-corrected chi connectivity index (χ2v) is 6.92. The molecule has 2 aliphatic heterocycles. The van der Waals surface area contributed by atoms with Crippen LogP contribution in [0, 0.1) is 5.92 Å². The number of nitrogens with zero attached hydrogens (tertiary/aromatic N) is 1. The van der Waals surface area contributed by atoms with Gasteiger partial charge in [-0.2, -0.15) is 0 Å². The number of para-hydroxylation sites is 3. The van der Waals surface area contributed by atoms with Crippen LogP contribution in [-0.4, -0.2) is 38.9 Å². The molecule has 148 valence electrons. The monoisotopic (exact) mass is 410 g/mol. The standard InChI is InChI=1S/C21H26N2O2.2ClH/c1-2-6-18(7-3-1)23-12-10-17(11-13-23)14-22-15-19-16-24-20-8-4-5-9-21(20)25-19;;/h1-9,17,19,22H,10-16H2;2*1H. The maximum absolute atomic E-state index is 6.00. The van der Waals surface area contributed by atoms with E-state index in [0.29, 0.717) is 6.61 Å². The molecule has 2 heterocycles. The lowest BCUT2D eigenvalue weighted by Crippen LogP contribution is -2.42. The third-order valence-electron chi connectivity index (χ3n) is 5.11. The Hall–Kier alpha value is -1.62. The number of hydrogen-bond donors (Lipinski definition) is 1. The first-order valence-electron chi connectivity index (χ1n) is 9.28. The van der Waals surface area contributed by atoms with Crippen molar-refractivity contribution >= 4 is 30.5 Å². The lowest BCUT2D eigenvalue weighted by atomic mass is 9.96. The fourth-order valence-corrected chi connectivity index (χ4v) is 3.65. The molecule has 4 nitrogen and oxygen atoms in total. The molecule has 1 unspecified atom stereocenters. The summed E-state index contributed by atoms with van der Waals surface area (Å²) in [5.74, 6) is 2.46. The maximum Gasteiger partial charge on any atom is 0.161 e. The normalized spacial score (nSPS) is 19.0. The van der Waals surface area contributed by atoms with Crippen LogP contribution in [-0.2, 0) is 0 Å². The molecule has 6 heteroatoms. The quantitative estimate of drug-likeness (QED) is 0.801. The summed E-state index contributed by atoms with van der Waals surface area (Å²) in [6.07, 6.45) is 2.58. The number of ether oxygens (including phenoxy) is 2. The SMILES string of the molecule is Cl.Cl.c1ccc(N2CCC(CNCC3COc4ccccc4O3)CC2)cc1. The third-order valence-corrected chi connectivity index (χ3v) is 5.11. The van der Waals surface area contributed by atoms with E-state index in [9.17, 15) is 0 Å². The molecule has 2 aromatic rings. The Kier molecular flexibility index (Phi) is 8.55. The molecule has 0 spiro atoms. The van der Waals surface area contributed by atoms with Crippen molar-refractivity contribution in [3.05, 3.63) is 54.6 Å². The van der Waals surface area contributed by atoms with E-state index in [4.69, 9.17) is 9.47 Å². The molecule has 4 rings (SSSR count). The van der Waals surface area contributed by atoms with Gasteiger partial charge >= 0.3 is 0 Å². The van der Waals surface area contributed by atoms with Crippen LogP contribution in [0.3, 0.4) is 0 Å². The zero-order chi connectivity index (χ0) is 16.9. The van der Waals surface area contributed by atoms with Crippen LogP contribution in [0.2, 0.25) is 0 Å². The minimum absolute atomic E-state index is 0. The van der Waals surface area contributed by atoms with Crippen LogP contribution >= 0.6 is 24.8 Å². The molecule has 1 fully saturated rings. The summed E-state index contributed by atoms with van der Waals surface area (Å²) in [7, 11) is 0. The molecular weight excluding hydrogens is 383 g/mol. The first-order valence-corrected chi connectivity index (χ1v) is 9.28. The van der Waals surface area contributed by atoms with Crippen molar-refractivity contribution in [2.24, 2.45) is 5.92 Å². The molecule has 0 aliphatic carbocycles. The van der Waals surface area contributed by atoms with E-state index in [1.807, 2.05) is 24.3 Å². The minimum atomic E-state index is 0. The molecule has 2 aliphatic rings. The fraction of sp³-hybridized carbons (Fsp3) is 0.429. The topological polar surface area (TPSA) is 33.7 Å². The van der Waals surface area contributed by atoms with Crippen molar-refractivity contribution in [2.75, 3.05) is 37.7 Å². The van der Waals surface area contributed by atoms with Gasteiger partial charge in [0.05, 0.1) is 0 Å². The van der Waals surface area contributed by atoms with Gasteiger partial charge in [-0.3, -0.25) is 0 Å². The summed E-state index contributed by atoms with van der Waals surface area (Å²) in [6.45, 7) is 4.81. The Bertz CT molecular complexity index is 679. The number of halogens is 2. The van der Waals surface area contributed by atoms with Crippen molar-refractivity contribution < 1.29 is 9.47 Å². The highest BCUT2D eigenvalue weighted by molar-refractivity contribution is 5.85. The molecule has 0 aromatic heterocycles. The highest BCUT2D eigenvalue weighted by Gasteiger charge is 2.22. The summed E-state index contributed by atoms with van der Waals surface area (Å²) in [4.78, 5) is 2.49. The molecule has 1 saturated heterocycles. The van der Waals surface area contributed by atoms with Gasteiger partial charge in [0, 0.05) is 25.3 Å². The lowest BCUT2D eigenvalue weighted by Gasteiger charge is -2.34. The van der Waals surface area contributed by atoms with Crippen molar-refractivity contribution in [1.82, 2.24) is 5.32 Å². The molecule has 27 heavy (non-hydrogen) atoms. The van der Waals surface area contributed by atoms with Gasteiger partial charge in [-0.25, -0.2) is 0 Å². The van der Waals surface area contributed by atoms with E-state index < -0.39 is 0 Å². The molecule has 0 radical (unpaired) electrons. The number of fused-ring (bicyclic) bond motifs is 1. The number of anilines is 1. The van der Waals surface area contributed by atoms with Crippen LogP contribution in [0.1, 0.15) is 12.8 Å². The van der Waals surface area contributed by atoms with Crippen molar-refractivity contribution in [3.8, 4) is 11.5 Å². The van der Waals surface area contributed by atoms with Crippen molar-refractivity contribution in [2.45, 2.75) is 18.9 Å². The van der Waals surface area contributed by atoms with E-state index in [1.165, 1.54) is 18.5 Å². The smallest absolute Gasteiger partial charge is 0.161 e. The maximum atomic E-state index is 6.00. The highest BCUT2D eigenvalue weighted by atomic mass is 35.5. The molecular formula is C21H28Cl2N2O2. The van der Waals surface area contributed by atoms with Crippen LogP contribution in [0.5, 0.6) is 11.5 Å². The lowest BCUT2D eigenvalue weighted by molar-refractivity contribution is 0.0894. The zero-order valence-corrected chi connectivity index (χ0v) is 17.0. The van der Waals surface area contributed by atoms with Crippen LogP contribution in [0.4, 0.5) is 5.69 Å². The average molecular weight is 411 g/mol. The van der Waals surface area contributed by atoms with E-state index in [1.54, 1.807) is 0 Å². The average Bonchev–Trinajstić information content (AvgIpc) is 2.69. The molecule has 1 N–H and O–H groups in total. The summed E-state index contributed by atoms with van der Waals surface area (Å²) in [5, 5.41) is 3.59.